The average Bonchev–Trinajstić information content (AvgIpc) is 3.24. The number of hydrogen-bond donors (Lipinski definition) is 3. The van der Waals surface area contributed by atoms with Crippen molar-refractivity contribution < 1.29 is 28.8 Å². The lowest BCUT2D eigenvalue weighted by molar-refractivity contribution is -0.400. The van der Waals surface area contributed by atoms with E-state index in [0.29, 0.717) is 5.56 Å². The standard InChI is InChI=1S/C27H30N4O7/c1-27(2,3)38-26(34)30-23(16-19-17-29-22-7-5-4-6-21(19)22)25(33)28-14-12-24(32)37-20-10-8-18(9-11-20)13-15-31(35)36/h4-11,13,15,17,23,29H,12,14,16H2,1-3H3,(H,28,33)(H,30,34)/b15-13+/t23-/m0/s1. The first-order valence-electron chi connectivity index (χ1n) is 11.9. The van der Waals surface area contributed by atoms with Crippen molar-refractivity contribution in [1.82, 2.24) is 15.6 Å². The summed E-state index contributed by atoms with van der Waals surface area (Å²) in [5, 5.41) is 16.6. The number of hydrogen-bond acceptors (Lipinski definition) is 7. The van der Waals surface area contributed by atoms with Gasteiger partial charge in [-0.25, -0.2) is 4.79 Å². The maximum Gasteiger partial charge on any atom is 0.408 e. The number of carbonyl (C=O) groups is 3. The molecule has 2 aromatic carbocycles. The molecule has 2 amide bonds. The molecule has 11 heteroatoms. The second-order valence-corrected chi connectivity index (χ2v) is 9.45. The third kappa shape index (κ3) is 8.77. The van der Waals surface area contributed by atoms with Gasteiger partial charge in [0.1, 0.15) is 17.4 Å². The van der Waals surface area contributed by atoms with E-state index in [1.54, 1.807) is 39.1 Å². The van der Waals surface area contributed by atoms with Gasteiger partial charge in [0, 0.05) is 36.1 Å². The third-order valence-electron chi connectivity index (χ3n) is 5.24. The number of nitro groups is 1. The Bertz CT molecular complexity index is 1320. The van der Waals surface area contributed by atoms with E-state index in [9.17, 15) is 24.5 Å². The molecule has 3 rings (SSSR count). The van der Waals surface area contributed by atoms with Crippen LogP contribution in [0.1, 0.15) is 38.3 Å². The number of para-hydroxylation sites is 1. The molecule has 0 bridgehead atoms. The van der Waals surface area contributed by atoms with E-state index in [2.05, 4.69) is 15.6 Å². The molecule has 0 radical (unpaired) electrons. The molecule has 0 fully saturated rings. The molecule has 0 aliphatic heterocycles. The molecule has 0 saturated carbocycles. The van der Waals surface area contributed by atoms with Gasteiger partial charge in [-0.2, -0.15) is 0 Å². The van der Waals surface area contributed by atoms with Crippen molar-refractivity contribution in [3.63, 3.8) is 0 Å². The number of ether oxygens (including phenoxy) is 2. The molecule has 11 nitrogen and oxygen atoms in total. The first-order valence-corrected chi connectivity index (χ1v) is 11.9. The zero-order chi connectivity index (χ0) is 27.7. The highest BCUT2D eigenvalue weighted by atomic mass is 16.6. The first kappa shape index (κ1) is 27.9. The van der Waals surface area contributed by atoms with Crippen LogP contribution in [-0.4, -0.2) is 46.1 Å². The van der Waals surface area contributed by atoms with Crippen molar-refractivity contribution in [2.24, 2.45) is 0 Å². The Labute approximate surface area is 219 Å². The summed E-state index contributed by atoms with van der Waals surface area (Å²) in [5.41, 5.74) is 1.58. The highest BCUT2D eigenvalue weighted by Gasteiger charge is 2.25. The van der Waals surface area contributed by atoms with E-state index >= 15 is 0 Å². The predicted octanol–water partition coefficient (Wildman–Crippen LogP) is 3.96. The lowest BCUT2D eigenvalue weighted by Gasteiger charge is -2.23. The Hall–Kier alpha value is -4.67. The van der Waals surface area contributed by atoms with Crippen LogP contribution in [0.4, 0.5) is 4.79 Å². The van der Waals surface area contributed by atoms with Gasteiger partial charge in [-0.3, -0.25) is 19.7 Å². The minimum Gasteiger partial charge on any atom is -0.444 e. The van der Waals surface area contributed by atoms with E-state index < -0.39 is 34.5 Å². The highest BCUT2D eigenvalue weighted by molar-refractivity contribution is 5.88. The number of aromatic amines is 1. The van der Waals surface area contributed by atoms with Crippen LogP contribution in [0.3, 0.4) is 0 Å². The van der Waals surface area contributed by atoms with E-state index in [4.69, 9.17) is 9.47 Å². The molecule has 0 unspecified atom stereocenters. The van der Waals surface area contributed by atoms with Gasteiger partial charge in [-0.15, -0.1) is 0 Å². The molecule has 3 N–H and O–H groups in total. The molecule has 3 aromatic rings. The van der Waals surface area contributed by atoms with Crippen molar-refractivity contribution in [3.8, 4) is 5.75 Å². The Morgan fingerprint density at radius 2 is 1.82 bits per heavy atom. The summed E-state index contributed by atoms with van der Waals surface area (Å²) in [6.07, 6.45) is 3.29. The second kappa shape index (κ2) is 12.5. The summed E-state index contributed by atoms with van der Waals surface area (Å²) in [5.74, 6) is -0.786. The van der Waals surface area contributed by atoms with Gasteiger partial charge in [0.25, 0.3) is 0 Å². The number of aromatic nitrogens is 1. The highest BCUT2D eigenvalue weighted by Crippen LogP contribution is 2.19. The predicted molar refractivity (Wildman–Crippen MR) is 141 cm³/mol. The molecule has 0 aliphatic rings. The quantitative estimate of drug-likeness (QED) is 0.158. The van der Waals surface area contributed by atoms with Crippen LogP contribution in [0.25, 0.3) is 17.0 Å². The summed E-state index contributed by atoms with van der Waals surface area (Å²) < 4.78 is 10.6. The molecular weight excluding hydrogens is 492 g/mol. The van der Waals surface area contributed by atoms with Crippen LogP contribution in [0.5, 0.6) is 5.75 Å². The minimum atomic E-state index is -0.945. The van der Waals surface area contributed by atoms with Crippen LogP contribution in [0, 0.1) is 10.1 Å². The van der Waals surface area contributed by atoms with Crippen molar-refractivity contribution >= 4 is 34.9 Å². The molecule has 0 saturated heterocycles. The van der Waals surface area contributed by atoms with Crippen molar-refractivity contribution in [2.45, 2.75) is 45.3 Å². The lowest BCUT2D eigenvalue weighted by Crippen LogP contribution is -2.49. The Kier molecular flexibility index (Phi) is 9.20. The van der Waals surface area contributed by atoms with Gasteiger partial charge >= 0.3 is 12.1 Å². The number of benzene rings is 2. The van der Waals surface area contributed by atoms with Crippen LogP contribution >= 0.6 is 0 Å². The Morgan fingerprint density at radius 3 is 2.50 bits per heavy atom. The Morgan fingerprint density at radius 1 is 1.11 bits per heavy atom. The molecule has 1 heterocycles. The number of nitrogens with one attached hydrogen (secondary N) is 3. The van der Waals surface area contributed by atoms with Crippen molar-refractivity contribution in [3.05, 3.63) is 82.2 Å². The number of amides is 2. The smallest absolute Gasteiger partial charge is 0.408 e. The van der Waals surface area contributed by atoms with E-state index in [1.807, 2.05) is 24.3 Å². The van der Waals surface area contributed by atoms with Crippen LogP contribution in [0.15, 0.2) is 60.9 Å². The number of carbonyl (C=O) groups excluding carboxylic acids is 3. The SMILES string of the molecule is CC(C)(C)OC(=O)N[C@@H](Cc1c[nH]c2ccccc12)C(=O)NCCC(=O)Oc1ccc(/C=C/[N+](=O)[O-])cc1. The number of fused-ring (bicyclic) bond motifs is 1. The maximum absolute atomic E-state index is 13.0. The van der Waals surface area contributed by atoms with Gasteiger partial charge in [0.05, 0.1) is 11.3 Å². The monoisotopic (exact) mass is 522 g/mol. The number of esters is 1. The summed E-state index contributed by atoms with van der Waals surface area (Å²) in [6.45, 7) is 5.17. The molecular formula is C27H30N4O7. The summed E-state index contributed by atoms with van der Waals surface area (Å²) in [4.78, 5) is 50.6. The van der Waals surface area contributed by atoms with Crippen LogP contribution in [-0.2, 0) is 20.7 Å². The maximum atomic E-state index is 13.0. The average molecular weight is 523 g/mol. The number of H-pyrrole nitrogens is 1. The molecule has 38 heavy (non-hydrogen) atoms. The molecule has 200 valence electrons. The first-order chi connectivity index (χ1) is 18.0. The zero-order valence-electron chi connectivity index (χ0n) is 21.4. The molecule has 0 aliphatic carbocycles. The lowest BCUT2D eigenvalue weighted by atomic mass is 10.0. The largest absolute Gasteiger partial charge is 0.444 e. The summed E-state index contributed by atoms with van der Waals surface area (Å²) in [7, 11) is 0. The van der Waals surface area contributed by atoms with Gasteiger partial charge in [0.2, 0.25) is 12.1 Å². The van der Waals surface area contributed by atoms with Gasteiger partial charge in [-0.05, 0) is 50.1 Å². The molecule has 1 aromatic heterocycles. The zero-order valence-corrected chi connectivity index (χ0v) is 21.4. The third-order valence-corrected chi connectivity index (χ3v) is 5.24. The van der Waals surface area contributed by atoms with Gasteiger partial charge < -0.3 is 25.1 Å². The topological polar surface area (TPSA) is 153 Å². The van der Waals surface area contributed by atoms with Crippen LogP contribution in [0.2, 0.25) is 0 Å². The van der Waals surface area contributed by atoms with E-state index in [0.717, 1.165) is 22.7 Å². The van der Waals surface area contributed by atoms with E-state index in [1.165, 1.54) is 18.2 Å². The van der Waals surface area contributed by atoms with E-state index in [-0.39, 0.29) is 25.1 Å². The fraction of sp³-hybridized carbons (Fsp3) is 0.296. The molecule has 1 atom stereocenters. The number of alkyl carbamates (subject to hydrolysis) is 1. The fourth-order valence-electron chi connectivity index (χ4n) is 3.57. The molecule has 0 spiro atoms. The van der Waals surface area contributed by atoms with Crippen molar-refractivity contribution in [1.29, 1.82) is 0 Å². The Balaban J connectivity index is 1.58. The summed E-state index contributed by atoms with van der Waals surface area (Å²) >= 11 is 0. The normalized spacial score (nSPS) is 12.2. The number of nitrogens with zero attached hydrogens (tertiary/aromatic N) is 1. The van der Waals surface area contributed by atoms with Crippen molar-refractivity contribution in [2.75, 3.05) is 6.54 Å². The van der Waals surface area contributed by atoms with Gasteiger partial charge in [-0.1, -0.05) is 30.3 Å². The van der Waals surface area contributed by atoms with Gasteiger partial charge in [0.15, 0.2) is 0 Å². The number of rotatable bonds is 10. The minimum absolute atomic E-state index is 0.0122. The second-order valence-electron chi connectivity index (χ2n) is 9.45. The fourth-order valence-corrected chi connectivity index (χ4v) is 3.57. The summed E-state index contributed by atoms with van der Waals surface area (Å²) in [6, 6.07) is 12.8. The van der Waals surface area contributed by atoms with Crippen LogP contribution < -0.4 is 15.4 Å².